The van der Waals surface area contributed by atoms with E-state index in [-0.39, 0.29) is 11.8 Å². The molecule has 0 aliphatic carbocycles. The molecule has 2 aromatic rings. The van der Waals surface area contributed by atoms with Crippen molar-refractivity contribution in [1.82, 2.24) is 5.32 Å². The van der Waals surface area contributed by atoms with Crippen LogP contribution in [0.4, 0.5) is 8.78 Å². The second-order valence-electron chi connectivity index (χ2n) is 4.78. The van der Waals surface area contributed by atoms with Gasteiger partial charge in [0.25, 0.3) is 0 Å². The first-order valence-corrected chi connectivity index (χ1v) is 6.55. The number of phenols is 1. The summed E-state index contributed by atoms with van der Waals surface area (Å²) in [6, 6.07) is 8.67. The number of halogens is 2. The predicted molar refractivity (Wildman–Crippen MR) is 76.3 cm³/mol. The Balaban J connectivity index is 2.04. The lowest BCUT2D eigenvalue weighted by molar-refractivity contribution is 0.404. The van der Waals surface area contributed by atoms with E-state index in [0.717, 1.165) is 12.1 Å². The van der Waals surface area contributed by atoms with Crippen molar-refractivity contribution in [2.45, 2.75) is 19.5 Å². The van der Waals surface area contributed by atoms with Crippen LogP contribution in [0.15, 0.2) is 36.4 Å². The van der Waals surface area contributed by atoms with Gasteiger partial charge >= 0.3 is 0 Å². The van der Waals surface area contributed by atoms with Gasteiger partial charge in [0, 0.05) is 24.2 Å². The first-order valence-electron chi connectivity index (χ1n) is 6.55. The van der Waals surface area contributed by atoms with Crippen molar-refractivity contribution in [2.75, 3.05) is 7.11 Å². The smallest absolute Gasteiger partial charge is 0.159 e. The SMILES string of the molecule is COc1ccc(C(C)NCc2ccc(F)c(F)c2)c(O)c1. The van der Waals surface area contributed by atoms with Crippen LogP contribution in [0.25, 0.3) is 0 Å². The topological polar surface area (TPSA) is 41.5 Å². The van der Waals surface area contributed by atoms with Crippen molar-refractivity contribution in [3.05, 3.63) is 59.2 Å². The van der Waals surface area contributed by atoms with Crippen LogP contribution >= 0.6 is 0 Å². The van der Waals surface area contributed by atoms with Gasteiger partial charge in [0.1, 0.15) is 11.5 Å². The predicted octanol–water partition coefficient (Wildman–Crippen LogP) is 3.53. The molecule has 0 saturated carbocycles. The molecule has 112 valence electrons. The molecule has 0 bridgehead atoms. The van der Waals surface area contributed by atoms with Gasteiger partial charge in [-0.1, -0.05) is 12.1 Å². The first kappa shape index (κ1) is 15.3. The quantitative estimate of drug-likeness (QED) is 0.886. The minimum atomic E-state index is -0.866. The maximum atomic E-state index is 13.1. The lowest BCUT2D eigenvalue weighted by Gasteiger charge is -2.16. The number of hydrogen-bond donors (Lipinski definition) is 2. The summed E-state index contributed by atoms with van der Waals surface area (Å²) in [4.78, 5) is 0. The number of hydrogen-bond acceptors (Lipinski definition) is 3. The summed E-state index contributed by atoms with van der Waals surface area (Å²) in [6.45, 7) is 2.24. The number of aromatic hydroxyl groups is 1. The number of phenolic OH excluding ortho intramolecular Hbond substituents is 1. The normalized spacial score (nSPS) is 12.2. The lowest BCUT2D eigenvalue weighted by Crippen LogP contribution is -2.18. The molecule has 0 aliphatic heterocycles. The molecule has 0 aliphatic rings. The minimum Gasteiger partial charge on any atom is -0.507 e. The zero-order valence-electron chi connectivity index (χ0n) is 11.9. The monoisotopic (exact) mass is 293 g/mol. The van der Waals surface area contributed by atoms with E-state index in [1.54, 1.807) is 12.1 Å². The van der Waals surface area contributed by atoms with Crippen LogP contribution in [-0.4, -0.2) is 12.2 Å². The Morgan fingerprint density at radius 1 is 1.14 bits per heavy atom. The summed E-state index contributed by atoms with van der Waals surface area (Å²) in [7, 11) is 1.53. The Bertz CT molecular complexity index is 632. The Morgan fingerprint density at radius 2 is 1.90 bits per heavy atom. The Morgan fingerprint density at radius 3 is 2.52 bits per heavy atom. The Labute approximate surface area is 122 Å². The van der Waals surface area contributed by atoms with Crippen molar-refractivity contribution >= 4 is 0 Å². The average Bonchev–Trinajstić information content (AvgIpc) is 2.48. The van der Waals surface area contributed by atoms with Crippen LogP contribution in [0.3, 0.4) is 0 Å². The zero-order chi connectivity index (χ0) is 15.4. The van der Waals surface area contributed by atoms with E-state index in [0.29, 0.717) is 23.4 Å². The van der Waals surface area contributed by atoms with Crippen LogP contribution in [0.5, 0.6) is 11.5 Å². The molecule has 21 heavy (non-hydrogen) atoms. The summed E-state index contributed by atoms with van der Waals surface area (Å²) in [5.41, 5.74) is 1.34. The van der Waals surface area contributed by atoms with Crippen LogP contribution < -0.4 is 10.1 Å². The maximum absolute atomic E-state index is 13.1. The average molecular weight is 293 g/mol. The van der Waals surface area contributed by atoms with E-state index in [9.17, 15) is 13.9 Å². The summed E-state index contributed by atoms with van der Waals surface area (Å²) in [5.74, 6) is -1.03. The molecule has 2 N–H and O–H groups in total. The summed E-state index contributed by atoms with van der Waals surface area (Å²) >= 11 is 0. The number of methoxy groups -OCH3 is 1. The fraction of sp³-hybridized carbons (Fsp3) is 0.250. The van der Waals surface area contributed by atoms with Gasteiger partial charge in [-0.25, -0.2) is 8.78 Å². The molecule has 0 spiro atoms. The highest BCUT2D eigenvalue weighted by Crippen LogP contribution is 2.28. The third-order valence-electron chi connectivity index (χ3n) is 3.30. The Kier molecular flexibility index (Phi) is 4.75. The molecular weight excluding hydrogens is 276 g/mol. The van der Waals surface area contributed by atoms with E-state index >= 15 is 0 Å². The zero-order valence-corrected chi connectivity index (χ0v) is 11.9. The van der Waals surface area contributed by atoms with Crippen molar-refractivity contribution in [1.29, 1.82) is 0 Å². The maximum Gasteiger partial charge on any atom is 0.159 e. The molecule has 5 heteroatoms. The molecule has 1 unspecified atom stereocenters. The summed E-state index contributed by atoms with van der Waals surface area (Å²) in [6.07, 6.45) is 0. The van der Waals surface area contributed by atoms with Gasteiger partial charge in [-0.05, 0) is 30.7 Å². The number of rotatable bonds is 5. The van der Waals surface area contributed by atoms with Gasteiger partial charge in [0.15, 0.2) is 11.6 Å². The van der Waals surface area contributed by atoms with Crippen molar-refractivity contribution in [3.63, 3.8) is 0 Å². The van der Waals surface area contributed by atoms with Gasteiger partial charge < -0.3 is 15.2 Å². The third kappa shape index (κ3) is 3.70. The van der Waals surface area contributed by atoms with E-state index in [1.165, 1.54) is 19.2 Å². The van der Waals surface area contributed by atoms with E-state index in [4.69, 9.17) is 4.74 Å². The standard InChI is InChI=1S/C16H17F2NO2/c1-10(13-5-4-12(21-2)8-16(13)20)19-9-11-3-6-14(17)15(18)7-11/h3-8,10,19-20H,9H2,1-2H3. The lowest BCUT2D eigenvalue weighted by atomic mass is 10.1. The highest BCUT2D eigenvalue weighted by molar-refractivity contribution is 5.41. The van der Waals surface area contributed by atoms with Crippen molar-refractivity contribution in [3.8, 4) is 11.5 Å². The second kappa shape index (κ2) is 6.54. The van der Waals surface area contributed by atoms with Gasteiger partial charge in [-0.3, -0.25) is 0 Å². The van der Waals surface area contributed by atoms with Crippen molar-refractivity contribution in [2.24, 2.45) is 0 Å². The minimum absolute atomic E-state index is 0.125. The van der Waals surface area contributed by atoms with E-state index in [1.807, 2.05) is 6.92 Å². The summed E-state index contributed by atoms with van der Waals surface area (Å²) in [5, 5.41) is 13.1. The molecule has 0 fully saturated rings. The van der Waals surface area contributed by atoms with Crippen LogP contribution in [-0.2, 0) is 6.54 Å². The van der Waals surface area contributed by atoms with Crippen LogP contribution in [0.1, 0.15) is 24.1 Å². The molecule has 0 saturated heterocycles. The molecule has 2 rings (SSSR count). The molecular formula is C16H17F2NO2. The molecule has 3 nitrogen and oxygen atoms in total. The molecule has 0 amide bonds. The van der Waals surface area contributed by atoms with Gasteiger partial charge in [0.05, 0.1) is 7.11 Å². The molecule has 0 aromatic heterocycles. The van der Waals surface area contributed by atoms with Crippen LogP contribution in [0.2, 0.25) is 0 Å². The number of nitrogens with one attached hydrogen (secondary N) is 1. The fourth-order valence-electron chi connectivity index (χ4n) is 2.05. The number of benzene rings is 2. The van der Waals surface area contributed by atoms with Gasteiger partial charge in [0.2, 0.25) is 0 Å². The fourth-order valence-corrected chi connectivity index (χ4v) is 2.05. The highest BCUT2D eigenvalue weighted by Gasteiger charge is 2.11. The van der Waals surface area contributed by atoms with E-state index in [2.05, 4.69) is 5.32 Å². The van der Waals surface area contributed by atoms with Crippen molar-refractivity contribution < 1.29 is 18.6 Å². The molecule has 0 radical (unpaired) electrons. The third-order valence-corrected chi connectivity index (χ3v) is 3.30. The first-order chi connectivity index (χ1) is 10.0. The van der Waals surface area contributed by atoms with Gasteiger partial charge in [-0.15, -0.1) is 0 Å². The number of ether oxygens (including phenoxy) is 1. The van der Waals surface area contributed by atoms with Crippen LogP contribution in [0, 0.1) is 11.6 Å². The second-order valence-corrected chi connectivity index (χ2v) is 4.78. The summed E-state index contributed by atoms with van der Waals surface area (Å²) < 4.78 is 31.0. The Hall–Kier alpha value is -2.14. The molecule has 2 aromatic carbocycles. The van der Waals surface area contributed by atoms with E-state index < -0.39 is 11.6 Å². The van der Waals surface area contributed by atoms with Gasteiger partial charge in [-0.2, -0.15) is 0 Å². The highest BCUT2D eigenvalue weighted by atomic mass is 19.2. The molecule has 1 atom stereocenters. The molecule has 0 heterocycles. The largest absolute Gasteiger partial charge is 0.507 e.